The van der Waals surface area contributed by atoms with Gasteiger partial charge < -0.3 is 0 Å². The summed E-state index contributed by atoms with van der Waals surface area (Å²) in [5, 5.41) is 3.80. The number of fused-ring (bicyclic) bond motifs is 3. The highest BCUT2D eigenvalue weighted by Crippen LogP contribution is 2.41. The molecule has 0 radical (unpaired) electrons. The van der Waals surface area contributed by atoms with Gasteiger partial charge in [-0.05, 0) is 30.2 Å². The van der Waals surface area contributed by atoms with Gasteiger partial charge in [0.25, 0.3) is 0 Å². The van der Waals surface area contributed by atoms with E-state index in [4.69, 9.17) is 11.6 Å². The van der Waals surface area contributed by atoms with Crippen molar-refractivity contribution >= 4 is 44.1 Å². The number of benzene rings is 1. The van der Waals surface area contributed by atoms with Crippen molar-refractivity contribution in [2.45, 2.75) is 6.92 Å². The molecule has 0 unspecified atom stereocenters. The number of nitrogens with zero attached hydrogens (tertiary/aromatic N) is 2. The molecular formula is C17H11ClN2S. The summed E-state index contributed by atoms with van der Waals surface area (Å²) in [5.74, 6) is 0. The van der Waals surface area contributed by atoms with Crippen molar-refractivity contribution in [2.75, 3.05) is 0 Å². The Kier molecular flexibility index (Phi) is 2.91. The van der Waals surface area contributed by atoms with Crippen LogP contribution in [0.2, 0.25) is 5.15 Å². The molecule has 4 heteroatoms. The van der Waals surface area contributed by atoms with E-state index in [-0.39, 0.29) is 0 Å². The first-order valence-corrected chi connectivity index (χ1v) is 7.89. The average molecular weight is 311 g/mol. The van der Waals surface area contributed by atoms with Crippen molar-refractivity contribution in [1.29, 1.82) is 0 Å². The minimum atomic E-state index is 0.551. The maximum atomic E-state index is 6.35. The molecule has 3 heterocycles. The Morgan fingerprint density at radius 3 is 2.76 bits per heavy atom. The smallest absolute Gasteiger partial charge is 0.147 e. The fraction of sp³-hybridized carbons (Fsp3) is 0.0588. The maximum Gasteiger partial charge on any atom is 0.147 e. The number of rotatable bonds is 1. The first-order chi connectivity index (χ1) is 10.3. The Labute approximate surface area is 131 Å². The highest BCUT2D eigenvalue weighted by molar-refractivity contribution is 7.18. The second-order valence-electron chi connectivity index (χ2n) is 4.94. The number of aryl methyl sites for hydroxylation is 1. The average Bonchev–Trinajstić information content (AvgIpc) is 2.93. The first-order valence-electron chi connectivity index (χ1n) is 6.63. The quantitative estimate of drug-likeness (QED) is 0.435. The van der Waals surface area contributed by atoms with E-state index in [9.17, 15) is 0 Å². The fourth-order valence-corrected chi connectivity index (χ4v) is 3.92. The second-order valence-corrected chi connectivity index (χ2v) is 6.18. The lowest BCUT2D eigenvalue weighted by Crippen LogP contribution is -1.87. The van der Waals surface area contributed by atoms with Crippen LogP contribution in [0.15, 0.2) is 48.0 Å². The molecule has 0 aliphatic carbocycles. The van der Waals surface area contributed by atoms with Gasteiger partial charge in [-0.25, -0.2) is 4.98 Å². The molecule has 0 fully saturated rings. The summed E-state index contributed by atoms with van der Waals surface area (Å²) in [4.78, 5) is 8.97. The Balaban J connectivity index is 2.19. The minimum absolute atomic E-state index is 0.551. The van der Waals surface area contributed by atoms with Crippen LogP contribution in [-0.4, -0.2) is 9.97 Å². The Morgan fingerprint density at radius 2 is 1.90 bits per heavy atom. The van der Waals surface area contributed by atoms with E-state index < -0.39 is 0 Å². The molecule has 4 aromatic rings. The van der Waals surface area contributed by atoms with E-state index >= 15 is 0 Å². The first kappa shape index (κ1) is 12.7. The Bertz CT molecular complexity index is 975. The molecule has 0 amide bonds. The third-order valence-corrected chi connectivity index (χ3v) is 5.03. The number of halogens is 1. The van der Waals surface area contributed by atoms with Crippen molar-refractivity contribution < 1.29 is 0 Å². The highest BCUT2D eigenvalue weighted by Gasteiger charge is 2.15. The normalized spacial score (nSPS) is 11.3. The number of pyridine rings is 2. The molecule has 1 aromatic carbocycles. The molecule has 0 N–H and O–H groups in total. The van der Waals surface area contributed by atoms with Gasteiger partial charge in [-0.2, -0.15) is 0 Å². The lowest BCUT2D eigenvalue weighted by atomic mass is 10.00. The topological polar surface area (TPSA) is 25.8 Å². The van der Waals surface area contributed by atoms with Gasteiger partial charge in [0.1, 0.15) is 5.15 Å². The molecule has 102 valence electrons. The summed E-state index contributed by atoms with van der Waals surface area (Å²) < 4.78 is 1.00. The van der Waals surface area contributed by atoms with Crippen molar-refractivity contribution in [1.82, 2.24) is 9.97 Å². The Morgan fingerprint density at radius 1 is 1.05 bits per heavy atom. The van der Waals surface area contributed by atoms with E-state index in [1.54, 1.807) is 17.5 Å². The summed E-state index contributed by atoms with van der Waals surface area (Å²) in [5.41, 5.74) is 5.40. The van der Waals surface area contributed by atoms with Gasteiger partial charge >= 0.3 is 0 Å². The molecule has 21 heavy (non-hydrogen) atoms. The van der Waals surface area contributed by atoms with Crippen LogP contribution in [0.5, 0.6) is 0 Å². The molecule has 3 aromatic heterocycles. The lowest BCUT2D eigenvalue weighted by Gasteiger charge is -2.06. The third kappa shape index (κ3) is 1.93. The van der Waals surface area contributed by atoms with Gasteiger partial charge in [0.15, 0.2) is 0 Å². The van der Waals surface area contributed by atoms with Crippen molar-refractivity contribution in [3.63, 3.8) is 0 Å². The molecular weight excluding hydrogens is 300 g/mol. The third-order valence-electron chi connectivity index (χ3n) is 3.66. The lowest BCUT2D eigenvalue weighted by molar-refractivity contribution is 1.37. The van der Waals surface area contributed by atoms with Gasteiger partial charge in [0, 0.05) is 22.5 Å². The zero-order chi connectivity index (χ0) is 14.4. The van der Waals surface area contributed by atoms with Crippen LogP contribution < -0.4 is 0 Å². The van der Waals surface area contributed by atoms with Crippen LogP contribution in [-0.2, 0) is 0 Å². The van der Waals surface area contributed by atoms with Crippen LogP contribution in [0.3, 0.4) is 0 Å². The number of hydrogen-bond acceptors (Lipinski definition) is 3. The van der Waals surface area contributed by atoms with Gasteiger partial charge in [0.05, 0.1) is 15.7 Å². The van der Waals surface area contributed by atoms with Crippen LogP contribution >= 0.6 is 22.9 Å². The van der Waals surface area contributed by atoms with Crippen LogP contribution in [0.1, 0.15) is 5.56 Å². The summed E-state index contributed by atoms with van der Waals surface area (Å²) in [7, 11) is 0. The molecule has 0 spiro atoms. The van der Waals surface area contributed by atoms with Gasteiger partial charge in [0.2, 0.25) is 0 Å². The standard InChI is InChI=1S/C17H11ClN2S/c1-10-5-2-3-6-11(10)12-9-21-16-14(12)15-13(20-17(16)18)7-4-8-19-15/h2-9H,1H3. The summed E-state index contributed by atoms with van der Waals surface area (Å²) in [6.07, 6.45) is 1.80. The molecule has 0 saturated heterocycles. The van der Waals surface area contributed by atoms with Gasteiger partial charge in [-0.3, -0.25) is 4.98 Å². The van der Waals surface area contributed by atoms with Crippen LogP contribution in [0, 0.1) is 6.92 Å². The summed E-state index contributed by atoms with van der Waals surface area (Å²) >= 11 is 7.97. The molecule has 2 nitrogen and oxygen atoms in total. The molecule has 0 aliphatic rings. The largest absolute Gasteiger partial charge is 0.254 e. The fourth-order valence-electron chi connectivity index (χ4n) is 2.65. The number of aromatic nitrogens is 2. The van der Waals surface area contributed by atoms with E-state index in [1.165, 1.54) is 16.7 Å². The molecule has 0 atom stereocenters. The van der Waals surface area contributed by atoms with E-state index in [2.05, 4.69) is 46.5 Å². The van der Waals surface area contributed by atoms with E-state index in [0.717, 1.165) is 21.1 Å². The molecule has 0 bridgehead atoms. The monoisotopic (exact) mass is 310 g/mol. The van der Waals surface area contributed by atoms with Crippen molar-refractivity contribution in [2.24, 2.45) is 0 Å². The van der Waals surface area contributed by atoms with Crippen molar-refractivity contribution in [3.05, 3.63) is 58.7 Å². The maximum absolute atomic E-state index is 6.35. The summed E-state index contributed by atoms with van der Waals surface area (Å²) in [6.45, 7) is 2.12. The van der Waals surface area contributed by atoms with Gasteiger partial charge in [-0.1, -0.05) is 35.9 Å². The van der Waals surface area contributed by atoms with Crippen LogP contribution in [0.4, 0.5) is 0 Å². The predicted octanol–water partition coefficient (Wildman–Crippen LogP) is 5.47. The van der Waals surface area contributed by atoms with Crippen LogP contribution in [0.25, 0.3) is 32.2 Å². The number of thiophene rings is 1. The van der Waals surface area contributed by atoms with E-state index in [1.807, 2.05) is 12.1 Å². The van der Waals surface area contributed by atoms with Crippen molar-refractivity contribution in [3.8, 4) is 11.1 Å². The van der Waals surface area contributed by atoms with Gasteiger partial charge in [-0.15, -0.1) is 11.3 Å². The Hall–Kier alpha value is -1.97. The molecule has 4 rings (SSSR count). The number of hydrogen-bond donors (Lipinski definition) is 0. The summed E-state index contributed by atoms with van der Waals surface area (Å²) in [6, 6.07) is 12.2. The second kappa shape index (κ2) is 4.79. The SMILES string of the molecule is Cc1ccccc1-c1csc2c(Cl)nc3cccnc3c12. The minimum Gasteiger partial charge on any atom is -0.254 e. The predicted molar refractivity (Wildman–Crippen MR) is 90.1 cm³/mol. The highest BCUT2D eigenvalue weighted by atomic mass is 35.5. The zero-order valence-electron chi connectivity index (χ0n) is 11.3. The molecule has 0 aliphatic heterocycles. The van der Waals surface area contributed by atoms with E-state index in [0.29, 0.717) is 5.15 Å². The zero-order valence-corrected chi connectivity index (χ0v) is 12.9. The molecule has 0 saturated carbocycles.